The SMILES string of the molecule is COC1CN(S(=O)(=O)c2ccc(C)cc2N)CCC1C. The average molecular weight is 298 g/mol. The van der Waals surface area contributed by atoms with Crippen LogP contribution in [0.4, 0.5) is 5.69 Å². The fraction of sp³-hybridized carbons (Fsp3) is 0.571. The third-order valence-electron chi connectivity index (χ3n) is 3.94. The van der Waals surface area contributed by atoms with Gasteiger partial charge >= 0.3 is 0 Å². The van der Waals surface area contributed by atoms with Crippen LogP contribution in [-0.2, 0) is 14.8 Å². The van der Waals surface area contributed by atoms with Gasteiger partial charge in [-0.25, -0.2) is 8.42 Å². The first-order chi connectivity index (χ1) is 9.36. The van der Waals surface area contributed by atoms with Gasteiger partial charge in [-0.3, -0.25) is 0 Å². The Labute approximate surface area is 120 Å². The van der Waals surface area contributed by atoms with Crippen LogP contribution in [0.2, 0.25) is 0 Å². The lowest BCUT2D eigenvalue weighted by molar-refractivity contribution is 0.0184. The molecule has 0 saturated carbocycles. The van der Waals surface area contributed by atoms with Gasteiger partial charge in [-0.05, 0) is 37.0 Å². The zero-order valence-corrected chi connectivity index (χ0v) is 13.0. The number of nitrogen functional groups attached to an aromatic ring is 1. The number of hydrogen-bond donors (Lipinski definition) is 1. The van der Waals surface area contributed by atoms with E-state index in [9.17, 15) is 8.42 Å². The number of anilines is 1. The topological polar surface area (TPSA) is 72.6 Å². The monoisotopic (exact) mass is 298 g/mol. The normalized spacial score (nSPS) is 24.8. The number of rotatable bonds is 3. The van der Waals surface area contributed by atoms with Crippen LogP contribution >= 0.6 is 0 Å². The van der Waals surface area contributed by atoms with Crippen molar-refractivity contribution < 1.29 is 13.2 Å². The van der Waals surface area contributed by atoms with Gasteiger partial charge in [0.15, 0.2) is 0 Å². The van der Waals surface area contributed by atoms with Gasteiger partial charge < -0.3 is 10.5 Å². The summed E-state index contributed by atoms with van der Waals surface area (Å²) in [6.07, 6.45) is 0.731. The molecule has 0 bridgehead atoms. The molecule has 2 unspecified atom stereocenters. The van der Waals surface area contributed by atoms with Crippen molar-refractivity contribution in [2.45, 2.75) is 31.3 Å². The van der Waals surface area contributed by atoms with E-state index in [2.05, 4.69) is 6.92 Å². The Hall–Kier alpha value is -1.11. The number of sulfonamides is 1. The van der Waals surface area contributed by atoms with Gasteiger partial charge in [0.05, 0.1) is 11.8 Å². The van der Waals surface area contributed by atoms with E-state index in [1.807, 2.05) is 6.92 Å². The number of hydrogen-bond acceptors (Lipinski definition) is 4. The van der Waals surface area contributed by atoms with Crippen molar-refractivity contribution in [3.63, 3.8) is 0 Å². The highest BCUT2D eigenvalue weighted by Gasteiger charge is 2.34. The minimum absolute atomic E-state index is 0.0646. The molecule has 2 atom stereocenters. The molecule has 5 nitrogen and oxygen atoms in total. The number of aryl methyl sites for hydroxylation is 1. The molecular weight excluding hydrogens is 276 g/mol. The van der Waals surface area contributed by atoms with Gasteiger partial charge in [-0.2, -0.15) is 4.31 Å². The van der Waals surface area contributed by atoms with Gasteiger partial charge in [0.2, 0.25) is 10.0 Å². The number of nitrogens with zero attached hydrogens (tertiary/aromatic N) is 1. The summed E-state index contributed by atoms with van der Waals surface area (Å²) in [5.41, 5.74) is 7.12. The molecule has 2 rings (SSSR count). The van der Waals surface area contributed by atoms with Crippen LogP contribution in [0.15, 0.2) is 23.1 Å². The Kier molecular flexibility index (Phi) is 4.36. The Balaban J connectivity index is 2.31. The molecule has 1 fully saturated rings. The Bertz CT molecular complexity index is 586. The molecule has 1 aromatic carbocycles. The molecule has 1 heterocycles. The Morgan fingerprint density at radius 1 is 1.40 bits per heavy atom. The lowest BCUT2D eigenvalue weighted by atomic mass is 9.97. The fourth-order valence-corrected chi connectivity index (χ4v) is 4.14. The van der Waals surface area contributed by atoms with E-state index in [1.165, 1.54) is 4.31 Å². The predicted molar refractivity (Wildman–Crippen MR) is 78.9 cm³/mol. The Morgan fingerprint density at radius 3 is 2.70 bits per heavy atom. The number of benzene rings is 1. The zero-order chi connectivity index (χ0) is 14.9. The summed E-state index contributed by atoms with van der Waals surface area (Å²) in [5, 5.41) is 0. The Morgan fingerprint density at radius 2 is 2.10 bits per heavy atom. The quantitative estimate of drug-likeness (QED) is 0.861. The van der Waals surface area contributed by atoms with Gasteiger partial charge in [0, 0.05) is 20.2 Å². The van der Waals surface area contributed by atoms with Crippen molar-refractivity contribution in [2.24, 2.45) is 5.92 Å². The first-order valence-corrected chi connectivity index (χ1v) is 8.19. The van der Waals surface area contributed by atoms with Crippen molar-refractivity contribution in [1.82, 2.24) is 4.31 Å². The predicted octanol–water partition coefficient (Wildman–Crippen LogP) is 1.62. The van der Waals surface area contributed by atoms with Crippen molar-refractivity contribution in [1.29, 1.82) is 0 Å². The highest BCUT2D eigenvalue weighted by Crippen LogP contribution is 2.28. The molecule has 20 heavy (non-hydrogen) atoms. The second-order valence-corrected chi connectivity index (χ2v) is 7.35. The summed E-state index contributed by atoms with van der Waals surface area (Å²) in [4.78, 5) is 0.188. The maximum Gasteiger partial charge on any atom is 0.245 e. The number of ether oxygens (including phenoxy) is 1. The summed E-state index contributed by atoms with van der Waals surface area (Å²) in [7, 11) is -1.93. The first kappa shape index (κ1) is 15.3. The fourth-order valence-electron chi connectivity index (χ4n) is 2.57. The highest BCUT2D eigenvalue weighted by atomic mass is 32.2. The van der Waals surface area contributed by atoms with E-state index >= 15 is 0 Å². The van der Waals surface area contributed by atoms with Crippen molar-refractivity contribution in [3.05, 3.63) is 23.8 Å². The summed E-state index contributed by atoms with van der Waals surface area (Å²) in [6, 6.07) is 5.04. The van der Waals surface area contributed by atoms with Gasteiger partial charge in [-0.15, -0.1) is 0 Å². The van der Waals surface area contributed by atoms with Crippen molar-refractivity contribution in [2.75, 3.05) is 25.9 Å². The second kappa shape index (κ2) is 5.71. The summed E-state index contributed by atoms with van der Waals surface area (Å²) >= 11 is 0. The lowest BCUT2D eigenvalue weighted by Gasteiger charge is -2.35. The van der Waals surface area contributed by atoms with Gasteiger partial charge in [-0.1, -0.05) is 13.0 Å². The van der Waals surface area contributed by atoms with Crippen LogP contribution in [-0.4, -0.2) is 39.0 Å². The highest BCUT2D eigenvalue weighted by molar-refractivity contribution is 7.89. The molecule has 0 radical (unpaired) electrons. The molecule has 1 aliphatic heterocycles. The molecule has 0 aliphatic carbocycles. The molecule has 1 saturated heterocycles. The molecule has 112 valence electrons. The molecule has 1 aliphatic rings. The smallest absolute Gasteiger partial charge is 0.245 e. The molecule has 0 amide bonds. The maximum atomic E-state index is 12.7. The number of piperidine rings is 1. The molecule has 0 aromatic heterocycles. The van der Waals surface area contributed by atoms with Crippen LogP contribution in [0.3, 0.4) is 0 Å². The van der Waals surface area contributed by atoms with Crippen LogP contribution < -0.4 is 5.73 Å². The average Bonchev–Trinajstić information content (AvgIpc) is 2.38. The first-order valence-electron chi connectivity index (χ1n) is 6.75. The zero-order valence-electron chi connectivity index (χ0n) is 12.2. The number of nitrogens with two attached hydrogens (primary N) is 1. The van der Waals surface area contributed by atoms with E-state index in [1.54, 1.807) is 25.3 Å². The van der Waals surface area contributed by atoms with Crippen molar-refractivity contribution >= 4 is 15.7 Å². The minimum Gasteiger partial charge on any atom is -0.398 e. The molecule has 0 spiro atoms. The summed E-state index contributed by atoms with van der Waals surface area (Å²) in [5.74, 6) is 0.363. The second-order valence-electron chi connectivity index (χ2n) is 5.44. The number of methoxy groups -OCH3 is 1. The van der Waals surface area contributed by atoms with E-state index < -0.39 is 10.0 Å². The van der Waals surface area contributed by atoms with Crippen LogP contribution in [0, 0.1) is 12.8 Å². The standard InChI is InChI=1S/C14H22N2O3S/c1-10-4-5-14(12(15)8-10)20(17,18)16-7-6-11(2)13(9-16)19-3/h4-5,8,11,13H,6-7,9,15H2,1-3H3. The third-order valence-corrected chi connectivity index (χ3v) is 5.88. The molecule has 6 heteroatoms. The lowest BCUT2D eigenvalue weighted by Crippen LogP contribution is -2.46. The van der Waals surface area contributed by atoms with Crippen LogP contribution in [0.5, 0.6) is 0 Å². The molecular formula is C14H22N2O3S. The van der Waals surface area contributed by atoms with Crippen LogP contribution in [0.1, 0.15) is 18.9 Å². The largest absolute Gasteiger partial charge is 0.398 e. The minimum atomic E-state index is -3.55. The summed E-state index contributed by atoms with van der Waals surface area (Å²) < 4.78 is 32.2. The molecule has 1 aromatic rings. The van der Waals surface area contributed by atoms with E-state index in [4.69, 9.17) is 10.5 Å². The maximum absolute atomic E-state index is 12.7. The third kappa shape index (κ3) is 2.82. The van der Waals surface area contributed by atoms with Gasteiger partial charge in [0.1, 0.15) is 4.90 Å². The van der Waals surface area contributed by atoms with E-state index in [-0.39, 0.29) is 11.0 Å². The molecule has 2 N–H and O–H groups in total. The van der Waals surface area contributed by atoms with Crippen LogP contribution in [0.25, 0.3) is 0 Å². The van der Waals surface area contributed by atoms with E-state index in [0.29, 0.717) is 24.7 Å². The summed E-state index contributed by atoms with van der Waals surface area (Å²) in [6.45, 7) is 4.86. The van der Waals surface area contributed by atoms with E-state index in [0.717, 1.165) is 12.0 Å². The van der Waals surface area contributed by atoms with Crippen molar-refractivity contribution in [3.8, 4) is 0 Å². The van der Waals surface area contributed by atoms with Gasteiger partial charge in [0.25, 0.3) is 0 Å².